The summed E-state index contributed by atoms with van der Waals surface area (Å²) in [7, 11) is 0. The Bertz CT molecular complexity index is 1360. The highest BCUT2D eigenvalue weighted by Gasteiger charge is 2.29. The number of nitrogens with zero attached hydrogens (tertiary/aromatic N) is 2. The first-order valence-electron chi connectivity index (χ1n) is 11.3. The average molecular weight is 444 g/mol. The van der Waals surface area contributed by atoms with Gasteiger partial charge in [-0.2, -0.15) is 0 Å². The number of benzene rings is 2. The number of aliphatic carboxylic acids is 1. The number of H-pyrrole nitrogens is 1. The SMILES string of the molecule is O=C(O)C1CCC(c2nc(NCc3ccc4c(c3)OCO4)c3c(n2)[nH]c2ccccc23)CC1. The molecule has 1 fully saturated rings. The van der Waals surface area contributed by atoms with Crippen LogP contribution in [-0.4, -0.2) is 32.8 Å². The highest BCUT2D eigenvalue weighted by atomic mass is 16.7. The van der Waals surface area contributed by atoms with E-state index in [9.17, 15) is 9.90 Å². The Morgan fingerprint density at radius 3 is 2.73 bits per heavy atom. The average Bonchev–Trinajstić information content (AvgIpc) is 3.46. The van der Waals surface area contributed by atoms with Crippen molar-refractivity contribution in [3.8, 4) is 11.5 Å². The number of ether oxygens (including phenoxy) is 2. The van der Waals surface area contributed by atoms with Gasteiger partial charge in [-0.25, -0.2) is 9.97 Å². The van der Waals surface area contributed by atoms with Gasteiger partial charge in [0.15, 0.2) is 11.5 Å². The number of carboxylic acid groups (broad SMARTS) is 1. The van der Waals surface area contributed by atoms with Crippen molar-refractivity contribution < 1.29 is 19.4 Å². The Morgan fingerprint density at radius 1 is 1.06 bits per heavy atom. The lowest BCUT2D eigenvalue weighted by Gasteiger charge is -2.25. The smallest absolute Gasteiger partial charge is 0.306 e. The van der Waals surface area contributed by atoms with Crippen LogP contribution in [0.5, 0.6) is 11.5 Å². The molecule has 3 heterocycles. The maximum absolute atomic E-state index is 11.4. The van der Waals surface area contributed by atoms with E-state index in [2.05, 4.69) is 16.4 Å². The summed E-state index contributed by atoms with van der Waals surface area (Å²) in [6, 6.07) is 14.0. The van der Waals surface area contributed by atoms with Crippen LogP contribution in [0.2, 0.25) is 0 Å². The first-order chi connectivity index (χ1) is 16.2. The van der Waals surface area contributed by atoms with Gasteiger partial charge in [0, 0.05) is 23.4 Å². The fourth-order valence-corrected chi connectivity index (χ4v) is 4.91. The van der Waals surface area contributed by atoms with Crippen LogP contribution >= 0.6 is 0 Å². The molecule has 0 amide bonds. The molecule has 1 aliphatic carbocycles. The van der Waals surface area contributed by atoms with E-state index < -0.39 is 5.97 Å². The molecule has 6 rings (SSSR count). The first-order valence-corrected chi connectivity index (χ1v) is 11.3. The van der Waals surface area contributed by atoms with Crippen molar-refractivity contribution in [2.24, 2.45) is 5.92 Å². The quantitative estimate of drug-likeness (QED) is 0.405. The van der Waals surface area contributed by atoms with Gasteiger partial charge in [-0.05, 0) is 49.4 Å². The lowest BCUT2D eigenvalue weighted by molar-refractivity contribution is -0.142. The number of rotatable bonds is 5. The van der Waals surface area contributed by atoms with Crippen LogP contribution < -0.4 is 14.8 Å². The molecule has 168 valence electrons. The second kappa shape index (κ2) is 7.95. The number of anilines is 1. The molecule has 2 aromatic heterocycles. The molecule has 8 nitrogen and oxygen atoms in total. The maximum Gasteiger partial charge on any atom is 0.306 e. The number of carboxylic acids is 1. The number of aromatic amines is 1. The van der Waals surface area contributed by atoms with Gasteiger partial charge in [0.05, 0.1) is 11.3 Å². The number of aromatic nitrogens is 3. The Balaban J connectivity index is 1.35. The minimum Gasteiger partial charge on any atom is -0.481 e. The highest BCUT2D eigenvalue weighted by molar-refractivity contribution is 6.11. The van der Waals surface area contributed by atoms with E-state index in [4.69, 9.17) is 19.4 Å². The van der Waals surface area contributed by atoms with Crippen LogP contribution in [0.1, 0.15) is 43.0 Å². The highest BCUT2D eigenvalue weighted by Crippen LogP contribution is 2.38. The fourth-order valence-electron chi connectivity index (χ4n) is 4.91. The number of nitrogens with one attached hydrogen (secondary N) is 2. The van der Waals surface area contributed by atoms with Gasteiger partial charge in [-0.1, -0.05) is 24.3 Å². The van der Waals surface area contributed by atoms with Gasteiger partial charge in [0.25, 0.3) is 0 Å². The van der Waals surface area contributed by atoms with Crippen LogP contribution in [0, 0.1) is 5.92 Å². The largest absolute Gasteiger partial charge is 0.481 e. The molecule has 0 spiro atoms. The minimum absolute atomic E-state index is 0.155. The van der Waals surface area contributed by atoms with Crippen molar-refractivity contribution >= 4 is 33.7 Å². The topological polar surface area (TPSA) is 109 Å². The van der Waals surface area contributed by atoms with Gasteiger partial charge in [0.2, 0.25) is 6.79 Å². The van der Waals surface area contributed by atoms with Crippen molar-refractivity contribution in [2.45, 2.75) is 38.1 Å². The fraction of sp³-hybridized carbons (Fsp3) is 0.320. The zero-order chi connectivity index (χ0) is 22.4. The minimum atomic E-state index is -0.702. The van der Waals surface area contributed by atoms with Crippen LogP contribution in [0.4, 0.5) is 5.82 Å². The molecule has 1 saturated carbocycles. The van der Waals surface area contributed by atoms with Crippen molar-refractivity contribution in [1.29, 1.82) is 0 Å². The third-order valence-corrected chi connectivity index (χ3v) is 6.71. The third-order valence-electron chi connectivity index (χ3n) is 6.71. The van der Waals surface area contributed by atoms with Crippen molar-refractivity contribution in [3.63, 3.8) is 0 Å². The van der Waals surface area contributed by atoms with E-state index in [1.54, 1.807) is 0 Å². The van der Waals surface area contributed by atoms with Gasteiger partial charge in [-0.3, -0.25) is 4.79 Å². The summed E-state index contributed by atoms with van der Waals surface area (Å²) in [6.45, 7) is 0.828. The predicted octanol–water partition coefficient (Wildman–Crippen LogP) is 4.81. The van der Waals surface area contributed by atoms with Gasteiger partial charge >= 0.3 is 5.97 Å². The summed E-state index contributed by atoms with van der Waals surface area (Å²) in [5, 5.41) is 14.9. The van der Waals surface area contributed by atoms with Crippen LogP contribution in [0.25, 0.3) is 21.9 Å². The van der Waals surface area contributed by atoms with Crippen LogP contribution in [-0.2, 0) is 11.3 Å². The number of hydrogen-bond donors (Lipinski definition) is 3. The summed E-state index contributed by atoms with van der Waals surface area (Å²) in [6.07, 6.45) is 2.89. The van der Waals surface area contributed by atoms with E-state index in [0.717, 1.165) is 63.5 Å². The molecule has 2 aliphatic rings. The summed E-state index contributed by atoms with van der Waals surface area (Å²) in [5.74, 6) is 2.26. The Hall–Kier alpha value is -3.81. The zero-order valence-corrected chi connectivity index (χ0v) is 18.0. The Labute approximate surface area is 190 Å². The number of para-hydroxylation sites is 1. The Kier molecular flexibility index (Phi) is 4.78. The molecule has 3 N–H and O–H groups in total. The second-order valence-corrected chi connectivity index (χ2v) is 8.75. The van der Waals surface area contributed by atoms with Crippen molar-refractivity contribution in [2.75, 3.05) is 12.1 Å². The summed E-state index contributed by atoms with van der Waals surface area (Å²) >= 11 is 0. The van der Waals surface area contributed by atoms with E-state index in [1.807, 2.05) is 36.4 Å². The molecule has 8 heteroatoms. The first kappa shape index (κ1) is 19.8. The molecule has 0 bridgehead atoms. The molecular formula is C25H24N4O4. The standard InChI is InChI=1S/C25H24N4O4/c30-25(31)16-8-6-15(7-9-16)22-28-23(21-17-3-1-2-4-18(17)27-24(21)29-22)26-12-14-5-10-19-20(11-14)33-13-32-19/h1-5,10-11,15-16H,6-9,12-13H2,(H,30,31)(H2,26,27,28,29). The molecule has 0 unspecified atom stereocenters. The van der Waals surface area contributed by atoms with Gasteiger partial charge in [0.1, 0.15) is 17.3 Å². The lowest BCUT2D eigenvalue weighted by atomic mass is 9.81. The predicted molar refractivity (Wildman–Crippen MR) is 124 cm³/mol. The lowest BCUT2D eigenvalue weighted by Crippen LogP contribution is -2.21. The molecule has 0 saturated heterocycles. The summed E-state index contributed by atoms with van der Waals surface area (Å²) in [4.78, 5) is 24.6. The van der Waals surface area contributed by atoms with Crippen LogP contribution in [0.15, 0.2) is 42.5 Å². The van der Waals surface area contributed by atoms with Gasteiger partial charge < -0.3 is 24.9 Å². The van der Waals surface area contributed by atoms with Crippen molar-refractivity contribution in [1.82, 2.24) is 15.0 Å². The molecule has 2 aromatic carbocycles. The molecule has 0 atom stereocenters. The number of hydrogen-bond acceptors (Lipinski definition) is 6. The van der Waals surface area contributed by atoms with E-state index >= 15 is 0 Å². The Morgan fingerprint density at radius 2 is 1.88 bits per heavy atom. The number of carbonyl (C=O) groups is 1. The summed E-state index contributed by atoms with van der Waals surface area (Å²) in [5.41, 5.74) is 2.88. The molecule has 4 aromatic rings. The maximum atomic E-state index is 11.4. The monoisotopic (exact) mass is 444 g/mol. The molecule has 1 aliphatic heterocycles. The van der Waals surface area contributed by atoms with Gasteiger partial charge in [-0.15, -0.1) is 0 Å². The van der Waals surface area contributed by atoms with E-state index in [-0.39, 0.29) is 18.6 Å². The van der Waals surface area contributed by atoms with Crippen molar-refractivity contribution in [3.05, 3.63) is 53.9 Å². The van der Waals surface area contributed by atoms with E-state index in [1.165, 1.54) is 0 Å². The molecule has 0 radical (unpaired) electrons. The normalized spacial score (nSPS) is 19.8. The molecule has 33 heavy (non-hydrogen) atoms. The van der Waals surface area contributed by atoms with E-state index in [0.29, 0.717) is 19.4 Å². The molecular weight excluding hydrogens is 420 g/mol. The zero-order valence-electron chi connectivity index (χ0n) is 18.0. The number of fused-ring (bicyclic) bond motifs is 4. The van der Waals surface area contributed by atoms with Crippen LogP contribution in [0.3, 0.4) is 0 Å². The summed E-state index contributed by atoms with van der Waals surface area (Å²) < 4.78 is 10.9. The second-order valence-electron chi connectivity index (χ2n) is 8.75. The third kappa shape index (κ3) is 3.61.